The molecule has 2 rings (SSSR count). The molecule has 1 heterocycles. The highest BCUT2D eigenvalue weighted by Gasteiger charge is 2.33. The van der Waals surface area contributed by atoms with E-state index in [0.717, 1.165) is 18.2 Å². The fourth-order valence-electron chi connectivity index (χ4n) is 2.95. The van der Waals surface area contributed by atoms with Gasteiger partial charge in [0.25, 0.3) is 5.91 Å². The fraction of sp³-hybridized carbons (Fsp3) is 0.556. The molecular weight excluding hydrogens is 356 g/mol. The summed E-state index contributed by atoms with van der Waals surface area (Å²) in [7, 11) is -3.38. The molecule has 1 unspecified atom stereocenters. The first-order chi connectivity index (χ1) is 11.9. The first-order valence-electron chi connectivity index (χ1n) is 8.55. The van der Waals surface area contributed by atoms with E-state index in [1.165, 1.54) is 10.4 Å². The SMILES string of the molecule is CCC(C)(C)NC(=O)COC(=O)c1ccc2c(c1)CC(C)N2S(C)(=O)=O. The molecule has 26 heavy (non-hydrogen) atoms. The molecule has 0 fully saturated rings. The van der Waals surface area contributed by atoms with Crippen molar-refractivity contribution < 1.29 is 22.7 Å². The molecule has 1 aromatic rings. The number of hydrogen-bond acceptors (Lipinski definition) is 5. The minimum absolute atomic E-state index is 0.201. The summed E-state index contributed by atoms with van der Waals surface area (Å²) in [5.74, 6) is -0.967. The third kappa shape index (κ3) is 4.55. The van der Waals surface area contributed by atoms with Gasteiger partial charge in [-0.05, 0) is 57.4 Å². The summed E-state index contributed by atoms with van der Waals surface area (Å²) >= 11 is 0. The Morgan fingerprint density at radius 1 is 1.35 bits per heavy atom. The molecule has 0 aliphatic carbocycles. The quantitative estimate of drug-likeness (QED) is 0.758. The molecular formula is C18H26N2O5S. The standard InChI is InChI=1S/C18H26N2O5S/c1-6-18(3,4)19-16(21)11-25-17(22)13-7-8-15-14(10-13)9-12(2)20(15)26(5,23)24/h7-8,10,12H,6,9,11H2,1-5H3,(H,19,21). The molecule has 0 spiro atoms. The predicted octanol–water partition coefficient (Wildman–Crippen LogP) is 1.86. The minimum Gasteiger partial charge on any atom is -0.452 e. The van der Waals surface area contributed by atoms with Crippen LogP contribution in [0.4, 0.5) is 5.69 Å². The van der Waals surface area contributed by atoms with Gasteiger partial charge in [0.1, 0.15) is 0 Å². The molecule has 0 saturated carbocycles. The van der Waals surface area contributed by atoms with E-state index >= 15 is 0 Å². The molecule has 1 aromatic carbocycles. The number of fused-ring (bicyclic) bond motifs is 1. The maximum atomic E-state index is 12.2. The number of carbonyl (C=O) groups is 2. The van der Waals surface area contributed by atoms with E-state index in [1.807, 2.05) is 27.7 Å². The highest BCUT2D eigenvalue weighted by atomic mass is 32.2. The largest absolute Gasteiger partial charge is 0.452 e. The number of esters is 1. The summed E-state index contributed by atoms with van der Waals surface area (Å²) in [4.78, 5) is 24.1. The Labute approximate surface area is 154 Å². The molecule has 7 nitrogen and oxygen atoms in total. The highest BCUT2D eigenvalue weighted by Crippen LogP contribution is 2.34. The zero-order valence-corrected chi connectivity index (χ0v) is 16.6. The maximum Gasteiger partial charge on any atom is 0.338 e. The zero-order valence-electron chi connectivity index (χ0n) is 15.8. The molecule has 0 aromatic heterocycles. The summed E-state index contributed by atoms with van der Waals surface area (Å²) in [5, 5.41) is 2.79. The first-order valence-corrected chi connectivity index (χ1v) is 10.4. The van der Waals surface area contributed by atoms with Crippen molar-refractivity contribution in [1.82, 2.24) is 5.32 Å². The molecule has 1 aliphatic rings. The van der Waals surface area contributed by atoms with Crippen LogP contribution in [-0.4, -0.2) is 44.7 Å². The van der Waals surface area contributed by atoms with Crippen LogP contribution >= 0.6 is 0 Å². The molecule has 1 N–H and O–H groups in total. The number of benzene rings is 1. The summed E-state index contributed by atoms with van der Waals surface area (Å²) in [6.07, 6.45) is 2.44. The van der Waals surface area contributed by atoms with Crippen molar-refractivity contribution in [3.8, 4) is 0 Å². The third-order valence-corrected chi connectivity index (χ3v) is 5.79. The summed E-state index contributed by atoms with van der Waals surface area (Å²) < 4.78 is 30.3. The second kappa shape index (κ2) is 7.26. The predicted molar refractivity (Wildman–Crippen MR) is 99.7 cm³/mol. The molecule has 0 bridgehead atoms. The van der Waals surface area contributed by atoms with E-state index in [0.29, 0.717) is 17.7 Å². The topological polar surface area (TPSA) is 92.8 Å². The van der Waals surface area contributed by atoms with Crippen LogP contribution in [0.15, 0.2) is 18.2 Å². The van der Waals surface area contributed by atoms with Crippen molar-refractivity contribution in [2.45, 2.75) is 52.1 Å². The first kappa shape index (κ1) is 20.2. The van der Waals surface area contributed by atoms with E-state index in [1.54, 1.807) is 12.1 Å². The van der Waals surface area contributed by atoms with Crippen molar-refractivity contribution in [2.75, 3.05) is 17.2 Å². The van der Waals surface area contributed by atoms with Gasteiger partial charge in [0, 0.05) is 11.6 Å². The van der Waals surface area contributed by atoms with Gasteiger partial charge < -0.3 is 10.1 Å². The number of nitrogens with zero attached hydrogens (tertiary/aromatic N) is 1. The maximum absolute atomic E-state index is 12.2. The second-order valence-electron chi connectivity index (χ2n) is 7.32. The molecule has 1 atom stereocenters. The van der Waals surface area contributed by atoms with Gasteiger partial charge in [0.05, 0.1) is 17.5 Å². The molecule has 1 amide bonds. The number of anilines is 1. The fourth-order valence-corrected chi connectivity index (χ4v) is 4.22. The van der Waals surface area contributed by atoms with Crippen LogP contribution < -0.4 is 9.62 Å². The monoisotopic (exact) mass is 382 g/mol. The van der Waals surface area contributed by atoms with Gasteiger partial charge in [-0.15, -0.1) is 0 Å². The smallest absolute Gasteiger partial charge is 0.338 e. The number of hydrogen-bond donors (Lipinski definition) is 1. The molecule has 0 radical (unpaired) electrons. The summed E-state index contributed by atoms with van der Waals surface area (Å²) in [5.41, 5.74) is 1.30. The molecule has 8 heteroatoms. The lowest BCUT2D eigenvalue weighted by molar-refractivity contribution is -0.125. The van der Waals surface area contributed by atoms with E-state index in [-0.39, 0.29) is 24.1 Å². The van der Waals surface area contributed by atoms with Crippen LogP contribution in [0.2, 0.25) is 0 Å². The van der Waals surface area contributed by atoms with Crippen LogP contribution in [0.1, 0.15) is 50.0 Å². The van der Waals surface area contributed by atoms with Gasteiger partial charge >= 0.3 is 5.97 Å². The Bertz CT molecular complexity index is 817. The van der Waals surface area contributed by atoms with E-state index in [4.69, 9.17) is 4.74 Å². The van der Waals surface area contributed by atoms with Gasteiger partial charge in [0.15, 0.2) is 6.61 Å². The number of ether oxygens (including phenoxy) is 1. The number of carbonyl (C=O) groups excluding carboxylic acids is 2. The van der Waals surface area contributed by atoms with Crippen molar-refractivity contribution in [1.29, 1.82) is 0 Å². The van der Waals surface area contributed by atoms with E-state index in [9.17, 15) is 18.0 Å². The van der Waals surface area contributed by atoms with Crippen LogP contribution in [0.25, 0.3) is 0 Å². The molecule has 144 valence electrons. The average molecular weight is 382 g/mol. The lowest BCUT2D eigenvalue weighted by Gasteiger charge is -2.24. The minimum atomic E-state index is -3.38. The second-order valence-corrected chi connectivity index (χ2v) is 9.18. The normalized spacial score (nSPS) is 17.0. The van der Waals surface area contributed by atoms with Gasteiger partial charge in [0.2, 0.25) is 10.0 Å². The number of rotatable bonds is 6. The van der Waals surface area contributed by atoms with Crippen molar-refractivity contribution in [3.63, 3.8) is 0 Å². The van der Waals surface area contributed by atoms with E-state index < -0.39 is 16.0 Å². The number of amides is 1. The summed E-state index contributed by atoms with van der Waals surface area (Å²) in [6.45, 7) is 7.20. The van der Waals surface area contributed by atoms with Crippen LogP contribution in [0.3, 0.4) is 0 Å². The third-order valence-electron chi connectivity index (χ3n) is 4.52. The van der Waals surface area contributed by atoms with Crippen molar-refractivity contribution >= 4 is 27.6 Å². The summed E-state index contributed by atoms with van der Waals surface area (Å²) in [6, 6.07) is 4.56. The van der Waals surface area contributed by atoms with Gasteiger partial charge in [-0.1, -0.05) is 6.92 Å². The lowest BCUT2D eigenvalue weighted by Crippen LogP contribution is -2.44. The van der Waals surface area contributed by atoms with Crippen molar-refractivity contribution in [2.24, 2.45) is 0 Å². The highest BCUT2D eigenvalue weighted by molar-refractivity contribution is 7.92. The van der Waals surface area contributed by atoms with Crippen LogP contribution in [0, 0.1) is 0 Å². The zero-order chi connectivity index (χ0) is 19.7. The van der Waals surface area contributed by atoms with Crippen molar-refractivity contribution in [3.05, 3.63) is 29.3 Å². The van der Waals surface area contributed by atoms with Crippen LogP contribution in [0.5, 0.6) is 0 Å². The van der Waals surface area contributed by atoms with Gasteiger partial charge in [-0.25, -0.2) is 13.2 Å². The molecule has 1 aliphatic heterocycles. The number of sulfonamides is 1. The van der Waals surface area contributed by atoms with Gasteiger partial charge in [-0.2, -0.15) is 0 Å². The Morgan fingerprint density at radius 3 is 2.58 bits per heavy atom. The van der Waals surface area contributed by atoms with Crippen LogP contribution in [-0.2, 0) is 26.0 Å². The van der Waals surface area contributed by atoms with E-state index in [2.05, 4.69) is 5.32 Å². The molecule has 0 saturated heterocycles. The average Bonchev–Trinajstić information content (AvgIpc) is 2.87. The Hall–Kier alpha value is -2.09. The number of nitrogens with one attached hydrogen (secondary N) is 1. The lowest BCUT2D eigenvalue weighted by atomic mass is 10.0. The Morgan fingerprint density at radius 2 is 2.00 bits per heavy atom. The van der Waals surface area contributed by atoms with Gasteiger partial charge in [-0.3, -0.25) is 9.10 Å². The Balaban J connectivity index is 2.06. The Kier molecular flexibility index (Phi) is 5.65.